The maximum Gasteiger partial charge on any atom is 0.407 e. The number of methoxy groups -OCH3 is 1. The Morgan fingerprint density at radius 3 is 2.33 bits per heavy atom. The molecule has 5 nitrogen and oxygen atoms in total. The summed E-state index contributed by atoms with van der Waals surface area (Å²) in [5, 5.41) is 5.36. The SMILES string of the molecule is COC(=O)NC(CC(C)C)C(=O)NC(C)c1cc(F)c(Cl)cc1Cl. The molecule has 0 aromatic heterocycles. The first-order valence-corrected chi connectivity index (χ1v) is 8.20. The summed E-state index contributed by atoms with van der Waals surface area (Å²) in [6, 6.07) is 1.14. The van der Waals surface area contributed by atoms with Crippen LogP contribution < -0.4 is 10.6 Å². The molecule has 2 amide bonds. The number of carbonyl (C=O) groups excluding carboxylic acids is 2. The number of hydrogen-bond acceptors (Lipinski definition) is 3. The normalized spacial score (nSPS) is 13.3. The average Bonchev–Trinajstić information content (AvgIpc) is 2.49. The molecule has 0 saturated heterocycles. The van der Waals surface area contributed by atoms with E-state index < -0.39 is 29.9 Å². The first kappa shape index (κ1) is 20.5. The Morgan fingerprint density at radius 2 is 1.79 bits per heavy atom. The number of ether oxygens (including phenoxy) is 1. The molecule has 1 aromatic rings. The Hall–Kier alpha value is -1.53. The van der Waals surface area contributed by atoms with E-state index in [9.17, 15) is 14.0 Å². The highest BCUT2D eigenvalue weighted by molar-refractivity contribution is 6.35. The summed E-state index contributed by atoms with van der Waals surface area (Å²) in [4.78, 5) is 23.8. The van der Waals surface area contributed by atoms with Crippen molar-refractivity contribution in [1.82, 2.24) is 10.6 Å². The maximum atomic E-state index is 13.6. The van der Waals surface area contributed by atoms with E-state index in [1.165, 1.54) is 19.2 Å². The predicted octanol–water partition coefficient (Wildman–Crippen LogP) is 4.08. The lowest BCUT2D eigenvalue weighted by Crippen LogP contribution is -2.48. The second kappa shape index (κ2) is 9.08. The van der Waals surface area contributed by atoms with Gasteiger partial charge in [0.1, 0.15) is 11.9 Å². The standard InChI is InChI=1S/C16H21Cl2FN2O3/c1-8(2)5-14(21-16(23)24-4)15(22)20-9(3)10-6-13(19)12(18)7-11(10)17/h6-9,14H,5H2,1-4H3,(H,20,22)(H,21,23). The molecule has 8 heteroatoms. The van der Waals surface area contributed by atoms with Gasteiger partial charge in [0.25, 0.3) is 0 Å². The zero-order valence-corrected chi connectivity index (χ0v) is 15.5. The predicted molar refractivity (Wildman–Crippen MR) is 91.8 cm³/mol. The van der Waals surface area contributed by atoms with Crippen molar-refractivity contribution in [3.05, 3.63) is 33.6 Å². The highest BCUT2D eigenvalue weighted by Crippen LogP contribution is 2.28. The van der Waals surface area contributed by atoms with Crippen molar-refractivity contribution >= 4 is 35.2 Å². The first-order chi connectivity index (χ1) is 11.1. The maximum absolute atomic E-state index is 13.6. The van der Waals surface area contributed by atoms with Gasteiger partial charge in [-0.05, 0) is 37.0 Å². The van der Waals surface area contributed by atoms with Crippen molar-refractivity contribution in [2.24, 2.45) is 5.92 Å². The van der Waals surface area contributed by atoms with E-state index in [1.54, 1.807) is 6.92 Å². The number of benzene rings is 1. The Kier molecular flexibility index (Phi) is 7.76. The molecule has 2 atom stereocenters. The van der Waals surface area contributed by atoms with Crippen LogP contribution in [-0.2, 0) is 9.53 Å². The molecule has 0 heterocycles. The van der Waals surface area contributed by atoms with E-state index >= 15 is 0 Å². The largest absolute Gasteiger partial charge is 0.453 e. The van der Waals surface area contributed by atoms with Crippen molar-refractivity contribution < 1.29 is 18.7 Å². The van der Waals surface area contributed by atoms with Gasteiger partial charge in [-0.2, -0.15) is 0 Å². The summed E-state index contributed by atoms with van der Waals surface area (Å²) in [5.41, 5.74) is 0.397. The van der Waals surface area contributed by atoms with Gasteiger partial charge in [0.05, 0.1) is 18.2 Å². The van der Waals surface area contributed by atoms with E-state index in [0.29, 0.717) is 12.0 Å². The lowest BCUT2D eigenvalue weighted by atomic mass is 10.0. The van der Waals surface area contributed by atoms with Gasteiger partial charge in [0.2, 0.25) is 5.91 Å². The molecule has 134 valence electrons. The van der Waals surface area contributed by atoms with Crippen LogP contribution >= 0.6 is 23.2 Å². The minimum atomic E-state index is -0.768. The lowest BCUT2D eigenvalue weighted by Gasteiger charge is -2.23. The molecular weight excluding hydrogens is 358 g/mol. The Morgan fingerprint density at radius 1 is 1.17 bits per heavy atom. The number of alkyl carbamates (subject to hydrolysis) is 1. The highest BCUT2D eigenvalue weighted by atomic mass is 35.5. The molecule has 0 saturated carbocycles. The van der Waals surface area contributed by atoms with Crippen LogP contribution in [0, 0.1) is 11.7 Å². The van der Waals surface area contributed by atoms with Crippen molar-refractivity contribution in [3.8, 4) is 0 Å². The van der Waals surface area contributed by atoms with E-state index in [-0.39, 0.29) is 16.0 Å². The minimum Gasteiger partial charge on any atom is -0.453 e. The van der Waals surface area contributed by atoms with Crippen LogP contribution in [0.15, 0.2) is 12.1 Å². The van der Waals surface area contributed by atoms with Gasteiger partial charge in [-0.15, -0.1) is 0 Å². The fourth-order valence-electron chi connectivity index (χ4n) is 2.17. The number of amides is 2. The van der Waals surface area contributed by atoms with Gasteiger partial charge < -0.3 is 15.4 Å². The molecule has 0 bridgehead atoms. The molecule has 0 spiro atoms. The van der Waals surface area contributed by atoms with Crippen molar-refractivity contribution in [2.75, 3.05) is 7.11 Å². The summed E-state index contributed by atoms with van der Waals surface area (Å²) in [5.74, 6) is -0.860. The summed E-state index contributed by atoms with van der Waals surface area (Å²) >= 11 is 11.7. The van der Waals surface area contributed by atoms with Gasteiger partial charge >= 0.3 is 6.09 Å². The molecule has 0 aliphatic heterocycles. The molecule has 1 rings (SSSR count). The van der Waals surface area contributed by atoms with E-state index in [1.807, 2.05) is 13.8 Å². The zero-order chi connectivity index (χ0) is 18.4. The van der Waals surface area contributed by atoms with Crippen LogP contribution in [0.3, 0.4) is 0 Å². The molecular formula is C16H21Cl2FN2O3. The monoisotopic (exact) mass is 378 g/mol. The second-order valence-electron chi connectivity index (χ2n) is 5.84. The third kappa shape index (κ3) is 5.83. The molecule has 2 N–H and O–H groups in total. The fourth-order valence-corrected chi connectivity index (χ4v) is 2.71. The number of carbonyl (C=O) groups is 2. The van der Waals surface area contributed by atoms with E-state index in [0.717, 1.165) is 0 Å². The number of rotatable bonds is 6. The van der Waals surface area contributed by atoms with Crippen LogP contribution in [0.25, 0.3) is 0 Å². The van der Waals surface area contributed by atoms with E-state index in [4.69, 9.17) is 23.2 Å². The van der Waals surface area contributed by atoms with Crippen LogP contribution in [-0.4, -0.2) is 25.2 Å². The second-order valence-corrected chi connectivity index (χ2v) is 6.65. The lowest BCUT2D eigenvalue weighted by molar-refractivity contribution is -0.124. The van der Waals surface area contributed by atoms with Crippen LogP contribution in [0.4, 0.5) is 9.18 Å². The highest BCUT2D eigenvalue weighted by Gasteiger charge is 2.24. The first-order valence-electron chi connectivity index (χ1n) is 7.45. The van der Waals surface area contributed by atoms with Crippen molar-refractivity contribution in [1.29, 1.82) is 0 Å². The Labute approximate surface area is 150 Å². The van der Waals surface area contributed by atoms with Gasteiger partial charge in [0, 0.05) is 5.02 Å². The van der Waals surface area contributed by atoms with Gasteiger partial charge in [-0.1, -0.05) is 37.0 Å². The Bertz CT molecular complexity index is 611. The third-order valence-corrected chi connectivity index (χ3v) is 3.98. The van der Waals surface area contributed by atoms with Gasteiger partial charge in [-0.3, -0.25) is 4.79 Å². The summed E-state index contributed by atoms with van der Waals surface area (Å²) in [6.07, 6.45) is -0.268. The van der Waals surface area contributed by atoms with Crippen LogP contribution in [0.1, 0.15) is 38.8 Å². The zero-order valence-electron chi connectivity index (χ0n) is 14.0. The summed E-state index contributed by atoms with van der Waals surface area (Å²) < 4.78 is 18.2. The number of hydrogen-bond donors (Lipinski definition) is 2. The smallest absolute Gasteiger partial charge is 0.407 e. The number of nitrogens with one attached hydrogen (secondary N) is 2. The number of halogens is 3. The summed E-state index contributed by atoms with van der Waals surface area (Å²) in [6.45, 7) is 5.51. The van der Waals surface area contributed by atoms with Gasteiger partial charge in [0.15, 0.2) is 0 Å². The molecule has 0 aliphatic rings. The van der Waals surface area contributed by atoms with Gasteiger partial charge in [-0.25, -0.2) is 9.18 Å². The van der Waals surface area contributed by atoms with Crippen LogP contribution in [0.5, 0.6) is 0 Å². The fraction of sp³-hybridized carbons (Fsp3) is 0.500. The molecule has 1 aromatic carbocycles. The van der Waals surface area contributed by atoms with Crippen molar-refractivity contribution in [2.45, 2.75) is 39.3 Å². The molecule has 24 heavy (non-hydrogen) atoms. The molecule has 0 aliphatic carbocycles. The average molecular weight is 379 g/mol. The topological polar surface area (TPSA) is 67.4 Å². The van der Waals surface area contributed by atoms with E-state index in [2.05, 4.69) is 15.4 Å². The quantitative estimate of drug-likeness (QED) is 0.732. The molecule has 0 fully saturated rings. The molecule has 2 unspecified atom stereocenters. The molecule has 0 radical (unpaired) electrons. The van der Waals surface area contributed by atoms with Crippen LogP contribution in [0.2, 0.25) is 10.0 Å². The Balaban J connectivity index is 2.89. The summed E-state index contributed by atoms with van der Waals surface area (Å²) in [7, 11) is 1.22. The van der Waals surface area contributed by atoms with Crippen molar-refractivity contribution in [3.63, 3.8) is 0 Å². The third-order valence-electron chi connectivity index (χ3n) is 3.37. The minimum absolute atomic E-state index is 0.0904.